The minimum atomic E-state index is -0.0810. The van der Waals surface area contributed by atoms with Crippen LogP contribution in [0.1, 0.15) is 22.3 Å². The maximum atomic E-state index is 12.9. The van der Waals surface area contributed by atoms with E-state index in [1.165, 1.54) is 17.3 Å². The molecule has 1 fully saturated rings. The van der Waals surface area contributed by atoms with E-state index >= 15 is 0 Å². The van der Waals surface area contributed by atoms with E-state index in [9.17, 15) is 4.79 Å². The molecule has 1 saturated heterocycles. The highest BCUT2D eigenvalue weighted by Gasteiger charge is 2.32. The van der Waals surface area contributed by atoms with Crippen LogP contribution in [0.4, 0.5) is 0 Å². The Morgan fingerprint density at radius 3 is 2.44 bits per heavy atom. The van der Waals surface area contributed by atoms with Crippen LogP contribution in [0.5, 0.6) is 11.5 Å². The predicted molar refractivity (Wildman–Crippen MR) is 134 cm³/mol. The molecule has 0 atom stereocenters. The molecule has 0 spiro atoms. The van der Waals surface area contributed by atoms with Crippen molar-refractivity contribution in [2.24, 2.45) is 0 Å². The van der Waals surface area contributed by atoms with E-state index < -0.39 is 0 Å². The first-order valence-corrected chi connectivity index (χ1v) is 11.4. The molecule has 1 aliphatic rings. The van der Waals surface area contributed by atoms with E-state index in [1.54, 1.807) is 12.0 Å². The molecule has 6 heteroatoms. The molecule has 0 N–H and O–H groups in total. The quantitative estimate of drug-likeness (QED) is 0.319. The smallest absolute Gasteiger partial charge is 0.266 e. The number of hydrogen-bond acceptors (Lipinski definition) is 5. The number of methoxy groups -OCH3 is 1. The van der Waals surface area contributed by atoms with Crippen LogP contribution < -0.4 is 9.47 Å². The minimum absolute atomic E-state index is 0.0810. The van der Waals surface area contributed by atoms with Crippen molar-refractivity contribution in [3.8, 4) is 11.5 Å². The van der Waals surface area contributed by atoms with Gasteiger partial charge in [-0.05, 0) is 41.8 Å². The lowest BCUT2D eigenvalue weighted by molar-refractivity contribution is -0.122. The highest BCUT2D eigenvalue weighted by molar-refractivity contribution is 8.26. The third-order valence-corrected chi connectivity index (χ3v) is 6.44. The summed E-state index contributed by atoms with van der Waals surface area (Å²) in [6.07, 6.45) is 1.84. The number of hydrogen-bond donors (Lipinski definition) is 0. The molecule has 3 aromatic carbocycles. The van der Waals surface area contributed by atoms with Gasteiger partial charge in [0.2, 0.25) is 0 Å². The van der Waals surface area contributed by atoms with Crippen molar-refractivity contribution < 1.29 is 14.3 Å². The zero-order valence-electron chi connectivity index (χ0n) is 17.9. The number of carbonyl (C=O) groups is 1. The van der Waals surface area contributed by atoms with E-state index in [0.717, 1.165) is 16.7 Å². The van der Waals surface area contributed by atoms with Crippen molar-refractivity contribution in [3.63, 3.8) is 0 Å². The highest BCUT2D eigenvalue weighted by Crippen LogP contribution is 2.35. The summed E-state index contributed by atoms with van der Waals surface area (Å²) < 4.78 is 12.0. The number of benzene rings is 3. The van der Waals surface area contributed by atoms with E-state index in [1.807, 2.05) is 66.7 Å². The molecule has 1 amide bonds. The Morgan fingerprint density at radius 1 is 0.969 bits per heavy atom. The lowest BCUT2D eigenvalue weighted by Crippen LogP contribution is -2.27. The number of thioether (sulfide) groups is 1. The fourth-order valence-corrected chi connectivity index (χ4v) is 4.55. The van der Waals surface area contributed by atoms with Crippen LogP contribution in [0.15, 0.2) is 77.7 Å². The number of rotatable bonds is 7. The van der Waals surface area contributed by atoms with Crippen molar-refractivity contribution in [1.29, 1.82) is 0 Å². The van der Waals surface area contributed by atoms with Gasteiger partial charge < -0.3 is 9.47 Å². The van der Waals surface area contributed by atoms with Gasteiger partial charge in [-0.1, -0.05) is 90.2 Å². The lowest BCUT2D eigenvalue weighted by Gasteiger charge is -2.14. The van der Waals surface area contributed by atoms with Gasteiger partial charge in [0, 0.05) is 0 Å². The minimum Gasteiger partial charge on any atom is -0.493 e. The van der Waals surface area contributed by atoms with Crippen molar-refractivity contribution in [2.45, 2.75) is 20.1 Å². The van der Waals surface area contributed by atoms with Crippen molar-refractivity contribution in [1.82, 2.24) is 4.90 Å². The maximum Gasteiger partial charge on any atom is 0.266 e. The van der Waals surface area contributed by atoms with E-state index in [-0.39, 0.29) is 5.91 Å². The average molecular weight is 462 g/mol. The molecule has 0 bridgehead atoms. The molecule has 1 heterocycles. The largest absolute Gasteiger partial charge is 0.493 e. The number of carbonyl (C=O) groups excluding carboxylic acids is 1. The Labute approximate surface area is 197 Å². The number of nitrogens with zero attached hydrogens (tertiary/aromatic N) is 1. The van der Waals surface area contributed by atoms with Crippen LogP contribution in [-0.2, 0) is 17.9 Å². The molecule has 0 saturated carbocycles. The summed E-state index contributed by atoms with van der Waals surface area (Å²) >= 11 is 6.77. The van der Waals surface area contributed by atoms with Crippen LogP contribution in [0.25, 0.3) is 6.08 Å². The van der Waals surface area contributed by atoms with Gasteiger partial charge in [0.1, 0.15) is 10.9 Å². The summed E-state index contributed by atoms with van der Waals surface area (Å²) in [5, 5.41) is 0. The lowest BCUT2D eigenvalue weighted by atomic mass is 10.1. The number of ether oxygens (including phenoxy) is 2. The average Bonchev–Trinajstić information content (AvgIpc) is 3.07. The molecule has 32 heavy (non-hydrogen) atoms. The maximum absolute atomic E-state index is 12.9. The predicted octanol–water partition coefficient (Wildman–Crippen LogP) is 5.98. The Bertz CT molecular complexity index is 1160. The Kier molecular flexibility index (Phi) is 6.93. The molecular weight excluding hydrogens is 438 g/mol. The van der Waals surface area contributed by atoms with E-state index in [0.29, 0.717) is 33.9 Å². The molecule has 0 unspecified atom stereocenters. The molecule has 4 nitrogen and oxygen atoms in total. The molecule has 4 rings (SSSR count). The number of aryl methyl sites for hydroxylation is 1. The highest BCUT2D eigenvalue weighted by atomic mass is 32.2. The monoisotopic (exact) mass is 461 g/mol. The molecule has 0 aromatic heterocycles. The van der Waals surface area contributed by atoms with Crippen LogP contribution in [-0.4, -0.2) is 22.2 Å². The first-order valence-electron chi connectivity index (χ1n) is 10.2. The molecule has 1 aliphatic heterocycles. The van der Waals surface area contributed by atoms with Gasteiger partial charge >= 0.3 is 0 Å². The van der Waals surface area contributed by atoms with Crippen LogP contribution in [0.2, 0.25) is 0 Å². The fraction of sp³-hybridized carbons (Fsp3) is 0.154. The van der Waals surface area contributed by atoms with E-state index in [4.69, 9.17) is 21.7 Å². The normalized spacial score (nSPS) is 14.8. The van der Waals surface area contributed by atoms with Gasteiger partial charge in [-0.2, -0.15) is 0 Å². The first kappa shape index (κ1) is 22.1. The second kappa shape index (κ2) is 10.0. The summed E-state index contributed by atoms with van der Waals surface area (Å²) in [6.45, 7) is 2.98. The fourth-order valence-electron chi connectivity index (χ4n) is 3.29. The summed E-state index contributed by atoms with van der Waals surface area (Å²) in [7, 11) is 1.61. The Hall–Kier alpha value is -3.09. The van der Waals surface area contributed by atoms with Gasteiger partial charge in [-0.3, -0.25) is 9.69 Å². The second-order valence-electron chi connectivity index (χ2n) is 7.44. The molecule has 162 valence electrons. The van der Waals surface area contributed by atoms with Crippen molar-refractivity contribution in [3.05, 3.63) is 100.0 Å². The SMILES string of the molecule is COc1cc(/C=C2/SC(=S)N(Cc3ccccc3)C2=O)ccc1OCc1ccc(C)cc1. The van der Waals surface area contributed by atoms with Crippen molar-refractivity contribution in [2.75, 3.05) is 7.11 Å². The van der Waals surface area contributed by atoms with Gasteiger partial charge in [-0.25, -0.2) is 0 Å². The number of amides is 1. The van der Waals surface area contributed by atoms with Gasteiger partial charge in [-0.15, -0.1) is 0 Å². The van der Waals surface area contributed by atoms with E-state index in [2.05, 4.69) is 19.1 Å². The number of thiocarbonyl (C=S) groups is 1. The van der Waals surface area contributed by atoms with Gasteiger partial charge in [0.25, 0.3) is 5.91 Å². The Balaban J connectivity index is 1.48. The summed E-state index contributed by atoms with van der Waals surface area (Å²) in [4.78, 5) is 15.2. The van der Waals surface area contributed by atoms with Gasteiger partial charge in [0.15, 0.2) is 11.5 Å². The summed E-state index contributed by atoms with van der Waals surface area (Å²) in [5.41, 5.74) is 4.19. The first-order chi connectivity index (χ1) is 15.5. The zero-order chi connectivity index (χ0) is 22.5. The third kappa shape index (κ3) is 5.21. The zero-order valence-corrected chi connectivity index (χ0v) is 19.5. The van der Waals surface area contributed by atoms with Crippen molar-refractivity contribution >= 4 is 40.3 Å². The van der Waals surface area contributed by atoms with Crippen LogP contribution in [0.3, 0.4) is 0 Å². The Morgan fingerprint density at radius 2 is 1.72 bits per heavy atom. The molecule has 3 aromatic rings. The summed E-state index contributed by atoms with van der Waals surface area (Å²) in [5.74, 6) is 1.19. The molecule has 0 aliphatic carbocycles. The third-order valence-electron chi connectivity index (χ3n) is 5.06. The molecule has 0 radical (unpaired) electrons. The molecular formula is C26H23NO3S2. The summed E-state index contributed by atoms with van der Waals surface area (Å²) in [6, 6.07) is 23.7. The van der Waals surface area contributed by atoms with Crippen LogP contribution in [0, 0.1) is 6.92 Å². The van der Waals surface area contributed by atoms with Crippen LogP contribution >= 0.6 is 24.0 Å². The standard InChI is InChI=1S/C26H23NO3S2/c1-18-8-10-20(11-9-18)17-30-22-13-12-21(14-23(22)29-2)15-24-25(28)27(26(31)32-24)16-19-6-4-3-5-7-19/h3-15H,16-17H2,1-2H3/b24-15+. The van der Waals surface area contributed by atoms with Gasteiger partial charge in [0.05, 0.1) is 18.6 Å². The second-order valence-corrected chi connectivity index (χ2v) is 9.11. The topological polar surface area (TPSA) is 38.8 Å².